The van der Waals surface area contributed by atoms with E-state index in [0.717, 1.165) is 25.7 Å². The fraction of sp³-hybridized carbons (Fsp3) is 0.727. The van der Waals surface area contributed by atoms with E-state index in [4.69, 9.17) is 4.74 Å². The van der Waals surface area contributed by atoms with Crippen LogP contribution in [0.5, 0.6) is 0 Å². The Balaban J connectivity index is 1.99. The molecule has 0 bridgehead atoms. The van der Waals surface area contributed by atoms with Gasteiger partial charge in [0, 0.05) is 13.1 Å². The van der Waals surface area contributed by atoms with Crippen molar-refractivity contribution < 1.29 is 19.2 Å². The lowest BCUT2D eigenvalue weighted by Crippen LogP contribution is -2.49. The molecular formula is C11H17N3O4. The van der Waals surface area contributed by atoms with Gasteiger partial charge in [0.2, 0.25) is 0 Å². The molecule has 0 spiro atoms. The van der Waals surface area contributed by atoms with Crippen LogP contribution in [0.4, 0.5) is 4.79 Å². The van der Waals surface area contributed by atoms with Gasteiger partial charge in [-0.05, 0) is 18.0 Å². The summed E-state index contributed by atoms with van der Waals surface area (Å²) in [6.45, 7) is 0.959. The molecule has 1 aliphatic carbocycles. The molecule has 0 aromatic heterocycles. The summed E-state index contributed by atoms with van der Waals surface area (Å²) in [6.07, 6.45) is 3.62. The number of rotatable bonds is 2. The molecule has 0 aromatic rings. The highest BCUT2D eigenvalue weighted by molar-refractivity contribution is 6.35. The standard InChI is InChI=1S/C11H17N3O4/c1-12-11(16)18-13-9-10(15)14(6-7-17-9)8-4-2-3-5-8/h8H,2-7H2,1H3,(H,12,16). The van der Waals surface area contributed by atoms with Crippen molar-refractivity contribution >= 4 is 17.9 Å². The van der Waals surface area contributed by atoms with Crippen molar-refractivity contribution in [3.05, 3.63) is 0 Å². The second-order valence-corrected chi connectivity index (χ2v) is 4.31. The van der Waals surface area contributed by atoms with Gasteiger partial charge in [0.25, 0.3) is 0 Å². The van der Waals surface area contributed by atoms with Crippen molar-refractivity contribution in [3.63, 3.8) is 0 Å². The van der Waals surface area contributed by atoms with Crippen molar-refractivity contribution in [1.82, 2.24) is 10.2 Å². The molecule has 2 amide bonds. The molecular weight excluding hydrogens is 238 g/mol. The Labute approximate surface area is 105 Å². The zero-order valence-corrected chi connectivity index (χ0v) is 10.3. The molecule has 7 nitrogen and oxygen atoms in total. The quantitative estimate of drug-likeness (QED) is 0.574. The largest absolute Gasteiger partial charge is 0.470 e. The lowest BCUT2D eigenvalue weighted by molar-refractivity contribution is -0.131. The van der Waals surface area contributed by atoms with E-state index in [1.165, 1.54) is 7.05 Å². The Kier molecular flexibility index (Phi) is 4.01. The number of nitrogens with one attached hydrogen (secondary N) is 1. The minimum Gasteiger partial charge on any atom is -0.470 e. The number of morpholine rings is 1. The molecule has 1 saturated carbocycles. The Hall–Kier alpha value is -1.79. The maximum Gasteiger partial charge on any atom is 0.433 e. The van der Waals surface area contributed by atoms with E-state index in [1.807, 2.05) is 0 Å². The van der Waals surface area contributed by atoms with E-state index in [-0.39, 0.29) is 17.8 Å². The Bertz CT molecular complexity index is 363. The molecule has 2 aliphatic rings. The summed E-state index contributed by atoms with van der Waals surface area (Å²) in [5.41, 5.74) is 0. The second kappa shape index (κ2) is 5.70. The summed E-state index contributed by atoms with van der Waals surface area (Å²) in [7, 11) is 1.41. The van der Waals surface area contributed by atoms with E-state index in [1.54, 1.807) is 4.90 Å². The molecule has 1 saturated heterocycles. The topological polar surface area (TPSA) is 80.2 Å². The SMILES string of the molecule is CNC(=O)ON=C1OCCN(C2CCCC2)C1=O. The van der Waals surface area contributed by atoms with Crippen LogP contribution in [-0.4, -0.2) is 49.0 Å². The molecule has 0 aromatic carbocycles. The van der Waals surface area contributed by atoms with Crippen LogP contribution >= 0.6 is 0 Å². The Morgan fingerprint density at radius 1 is 1.50 bits per heavy atom. The molecule has 2 fully saturated rings. The van der Waals surface area contributed by atoms with E-state index in [9.17, 15) is 9.59 Å². The zero-order valence-electron chi connectivity index (χ0n) is 10.3. The average Bonchev–Trinajstić information content (AvgIpc) is 2.91. The van der Waals surface area contributed by atoms with Gasteiger partial charge < -0.3 is 15.0 Å². The third kappa shape index (κ3) is 2.72. The maximum absolute atomic E-state index is 12.1. The predicted octanol–water partition coefficient (Wildman–Crippen LogP) is 0.457. The van der Waals surface area contributed by atoms with E-state index >= 15 is 0 Å². The van der Waals surface area contributed by atoms with Gasteiger partial charge in [-0.15, -0.1) is 0 Å². The monoisotopic (exact) mass is 255 g/mol. The third-order valence-electron chi connectivity index (χ3n) is 3.20. The second-order valence-electron chi connectivity index (χ2n) is 4.31. The minimum absolute atomic E-state index is 0.142. The summed E-state index contributed by atoms with van der Waals surface area (Å²) in [5, 5.41) is 5.68. The number of carbonyl (C=O) groups is 2. The van der Waals surface area contributed by atoms with Gasteiger partial charge >= 0.3 is 17.9 Å². The van der Waals surface area contributed by atoms with Crippen molar-refractivity contribution in [2.24, 2.45) is 5.16 Å². The summed E-state index contributed by atoms with van der Waals surface area (Å²) in [6, 6.07) is 0.270. The smallest absolute Gasteiger partial charge is 0.433 e. The van der Waals surface area contributed by atoms with Gasteiger partial charge in [-0.3, -0.25) is 9.63 Å². The number of carbonyl (C=O) groups excluding carboxylic acids is 2. The normalized spacial score (nSPS) is 23.1. The fourth-order valence-electron chi connectivity index (χ4n) is 2.29. The van der Waals surface area contributed by atoms with Crippen molar-refractivity contribution in [2.75, 3.05) is 20.2 Å². The first-order chi connectivity index (χ1) is 8.72. The highest BCUT2D eigenvalue weighted by Crippen LogP contribution is 2.24. The molecule has 2 rings (SSSR count). The molecule has 0 unspecified atom stereocenters. The predicted molar refractivity (Wildman–Crippen MR) is 62.9 cm³/mol. The Morgan fingerprint density at radius 3 is 2.89 bits per heavy atom. The van der Waals surface area contributed by atoms with Gasteiger partial charge in [0.15, 0.2) is 0 Å². The molecule has 7 heteroatoms. The molecule has 18 heavy (non-hydrogen) atoms. The van der Waals surface area contributed by atoms with Crippen LogP contribution in [0, 0.1) is 0 Å². The van der Waals surface area contributed by atoms with E-state index in [2.05, 4.69) is 15.3 Å². The fourth-order valence-corrected chi connectivity index (χ4v) is 2.29. The summed E-state index contributed by atoms with van der Waals surface area (Å²) in [5.74, 6) is -0.436. The summed E-state index contributed by atoms with van der Waals surface area (Å²) in [4.78, 5) is 29.2. The van der Waals surface area contributed by atoms with Gasteiger partial charge in [0.1, 0.15) is 6.61 Å². The number of hydrogen-bond acceptors (Lipinski definition) is 5. The van der Waals surface area contributed by atoms with Crippen LogP contribution in [0.25, 0.3) is 0 Å². The van der Waals surface area contributed by atoms with Gasteiger partial charge in [-0.1, -0.05) is 12.8 Å². The van der Waals surface area contributed by atoms with Gasteiger partial charge in [0.05, 0.1) is 6.54 Å². The van der Waals surface area contributed by atoms with Crippen LogP contribution in [0.1, 0.15) is 25.7 Å². The molecule has 1 heterocycles. The minimum atomic E-state index is -0.725. The van der Waals surface area contributed by atoms with E-state index in [0.29, 0.717) is 13.2 Å². The van der Waals surface area contributed by atoms with Crippen LogP contribution in [-0.2, 0) is 14.4 Å². The maximum atomic E-state index is 12.1. The highest BCUT2D eigenvalue weighted by atomic mass is 16.7. The molecule has 0 radical (unpaired) electrons. The number of hydrogen-bond donors (Lipinski definition) is 1. The molecule has 1 aliphatic heterocycles. The number of oxime groups is 1. The lowest BCUT2D eigenvalue weighted by Gasteiger charge is -2.32. The number of amides is 2. The molecule has 0 atom stereocenters. The van der Waals surface area contributed by atoms with Crippen LogP contribution in [0.2, 0.25) is 0 Å². The summed E-state index contributed by atoms with van der Waals surface area (Å²) >= 11 is 0. The zero-order chi connectivity index (χ0) is 13.0. The molecule has 1 N–H and O–H groups in total. The average molecular weight is 255 g/mol. The molecule has 100 valence electrons. The van der Waals surface area contributed by atoms with Gasteiger partial charge in [-0.25, -0.2) is 4.79 Å². The van der Waals surface area contributed by atoms with Crippen LogP contribution in [0.3, 0.4) is 0 Å². The van der Waals surface area contributed by atoms with Crippen LogP contribution in [0.15, 0.2) is 5.16 Å². The van der Waals surface area contributed by atoms with Crippen molar-refractivity contribution in [2.45, 2.75) is 31.7 Å². The van der Waals surface area contributed by atoms with E-state index < -0.39 is 6.09 Å². The summed E-state index contributed by atoms with van der Waals surface area (Å²) < 4.78 is 5.13. The first-order valence-corrected chi connectivity index (χ1v) is 6.13. The number of nitrogens with zero attached hydrogens (tertiary/aromatic N) is 2. The van der Waals surface area contributed by atoms with Crippen molar-refractivity contribution in [1.29, 1.82) is 0 Å². The Morgan fingerprint density at radius 2 is 2.22 bits per heavy atom. The van der Waals surface area contributed by atoms with Crippen molar-refractivity contribution in [3.8, 4) is 0 Å². The van der Waals surface area contributed by atoms with Gasteiger partial charge in [-0.2, -0.15) is 0 Å². The first kappa shape index (κ1) is 12.7. The third-order valence-corrected chi connectivity index (χ3v) is 3.20. The van der Waals surface area contributed by atoms with Crippen LogP contribution < -0.4 is 5.32 Å². The number of ether oxygens (including phenoxy) is 1. The highest BCUT2D eigenvalue weighted by Gasteiger charge is 2.34. The first-order valence-electron chi connectivity index (χ1n) is 6.13. The lowest BCUT2D eigenvalue weighted by atomic mass is 10.2.